The predicted molar refractivity (Wildman–Crippen MR) is 60.4 cm³/mol. The van der Waals surface area contributed by atoms with Crippen LogP contribution in [0.4, 0.5) is 17.6 Å². The summed E-state index contributed by atoms with van der Waals surface area (Å²) < 4.78 is 55.0. The van der Waals surface area contributed by atoms with E-state index in [4.69, 9.17) is 4.74 Å². The van der Waals surface area contributed by atoms with Crippen molar-refractivity contribution in [3.8, 4) is 5.75 Å². The van der Waals surface area contributed by atoms with Crippen molar-refractivity contribution in [3.63, 3.8) is 0 Å². The van der Waals surface area contributed by atoms with Crippen LogP contribution < -0.4 is 4.74 Å². The van der Waals surface area contributed by atoms with Gasteiger partial charge < -0.3 is 9.64 Å². The Labute approximate surface area is 107 Å². The van der Waals surface area contributed by atoms with Gasteiger partial charge in [-0.05, 0) is 6.07 Å². The van der Waals surface area contributed by atoms with E-state index in [9.17, 15) is 22.4 Å². The highest BCUT2D eigenvalue weighted by Crippen LogP contribution is 2.26. The van der Waals surface area contributed by atoms with Gasteiger partial charge in [-0.25, -0.2) is 8.78 Å². The van der Waals surface area contributed by atoms with E-state index in [0.717, 1.165) is 7.05 Å². The summed E-state index contributed by atoms with van der Waals surface area (Å²) >= 11 is 0. The Balaban J connectivity index is 2.85. The first-order chi connectivity index (χ1) is 8.80. The third kappa shape index (κ3) is 3.36. The van der Waals surface area contributed by atoms with Gasteiger partial charge >= 0.3 is 12.3 Å². The number of hydrogen-bond donors (Lipinski definition) is 0. The van der Waals surface area contributed by atoms with Gasteiger partial charge in [0.25, 0.3) is 5.91 Å². The normalized spacial score (nSPS) is 11.5. The number of benzene rings is 1. The van der Waals surface area contributed by atoms with Gasteiger partial charge in [0, 0.05) is 19.2 Å². The number of amides is 1. The molecule has 106 valence electrons. The Morgan fingerprint density at radius 2 is 1.95 bits per heavy atom. The largest absolute Gasteiger partial charge is 0.496 e. The predicted octanol–water partition coefficient (Wildman–Crippen LogP) is 2.55. The van der Waals surface area contributed by atoms with Crippen molar-refractivity contribution in [2.24, 2.45) is 0 Å². The summed E-state index contributed by atoms with van der Waals surface area (Å²) in [6.07, 6.45) is -4.03. The van der Waals surface area contributed by atoms with E-state index in [2.05, 4.69) is 0 Å². The number of hydrogen-bond acceptors (Lipinski definition) is 2. The molecule has 0 saturated heterocycles. The zero-order valence-corrected chi connectivity index (χ0v) is 10.4. The zero-order chi connectivity index (χ0) is 14.6. The minimum absolute atomic E-state index is 0.245. The highest BCUT2D eigenvalue weighted by Gasteiger charge is 2.50. The fraction of sp³-hybridized carbons (Fsp3) is 0.417. The van der Waals surface area contributed by atoms with Crippen LogP contribution in [0.25, 0.3) is 0 Å². The number of carbonyl (C=O) groups is 1. The summed E-state index contributed by atoms with van der Waals surface area (Å²) in [4.78, 5) is 11.8. The van der Waals surface area contributed by atoms with Gasteiger partial charge in [0.05, 0.1) is 7.11 Å². The van der Waals surface area contributed by atoms with E-state index in [1.807, 2.05) is 0 Å². The number of carbonyl (C=O) groups excluding carboxylic acids is 1. The quantitative estimate of drug-likeness (QED) is 0.775. The Bertz CT molecular complexity index is 451. The molecule has 0 radical (unpaired) electrons. The Morgan fingerprint density at radius 1 is 1.37 bits per heavy atom. The number of rotatable bonds is 5. The van der Waals surface area contributed by atoms with E-state index in [1.165, 1.54) is 7.11 Å². The van der Waals surface area contributed by atoms with Crippen LogP contribution >= 0.6 is 0 Å². The zero-order valence-electron chi connectivity index (χ0n) is 10.4. The minimum atomic E-state index is -4.68. The molecule has 0 saturated carbocycles. The van der Waals surface area contributed by atoms with E-state index in [0.29, 0.717) is 16.2 Å². The highest BCUT2D eigenvalue weighted by molar-refractivity contribution is 5.83. The summed E-state index contributed by atoms with van der Waals surface area (Å²) in [5.74, 6) is -6.22. The van der Waals surface area contributed by atoms with Crippen molar-refractivity contribution in [2.75, 3.05) is 14.2 Å². The van der Waals surface area contributed by atoms with Gasteiger partial charge in [-0.3, -0.25) is 4.79 Å². The van der Waals surface area contributed by atoms with Crippen molar-refractivity contribution < 1.29 is 27.1 Å². The molecule has 1 aromatic carbocycles. The van der Waals surface area contributed by atoms with Gasteiger partial charge in [-0.1, -0.05) is 18.2 Å². The molecule has 0 bridgehead atoms. The Morgan fingerprint density at radius 3 is 2.47 bits per heavy atom. The van der Waals surface area contributed by atoms with Crippen molar-refractivity contribution in [3.05, 3.63) is 29.8 Å². The lowest BCUT2D eigenvalue weighted by Gasteiger charge is -2.23. The van der Waals surface area contributed by atoms with Gasteiger partial charge in [0.1, 0.15) is 5.75 Å². The summed E-state index contributed by atoms with van der Waals surface area (Å²) in [5.41, 5.74) is 0.450. The molecule has 0 aromatic heterocycles. The molecule has 0 unspecified atom stereocenters. The number of nitrogens with zero attached hydrogens (tertiary/aromatic N) is 1. The van der Waals surface area contributed by atoms with Crippen molar-refractivity contribution >= 4 is 5.91 Å². The molecule has 0 N–H and O–H groups in total. The molecule has 1 amide bonds. The van der Waals surface area contributed by atoms with Gasteiger partial charge in [0.2, 0.25) is 0 Å². The topological polar surface area (TPSA) is 29.5 Å². The fourth-order valence-corrected chi connectivity index (χ4v) is 1.51. The summed E-state index contributed by atoms with van der Waals surface area (Å²) in [6, 6.07) is 6.43. The number of halogens is 4. The SMILES string of the molecule is COc1ccccc1CN(C)C(=O)C(F)(F)C(F)F. The monoisotopic (exact) mass is 279 g/mol. The second-order valence-electron chi connectivity index (χ2n) is 3.90. The number of methoxy groups -OCH3 is 1. The molecule has 0 fully saturated rings. The molecule has 0 spiro atoms. The fourth-order valence-electron chi connectivity index (χ4n) is 1.51. The van der Waals surface area contributed by atoms with Crippen molar-refractivity contribution in [2.45, 2.75) is 18.9 Å². The molecule has 7 heteroatoms. The van der Waals surface area contributed by atoms with Crippen LogP contribution in [0.3, 0.4) is 0 Å². The lowest BCUT2D eigenvalue weighted by Crippen LogP contribution is -2.45. The third-order valence-electron chi connectivity index (χ3n) is 2.51. The highest BCUT2D eigenvalue weighted by atomic mass is 19.3. The van der Waals surface area contributed by atoms with E-state index < -0.39 is 18.3 Å². The number of para-hydroxylation sites is 1. The lowest BCUT2D eigenvalue weighted by molar-refractivity contribution is -0.179. The molecular formula is C12H13F4NO2. The van der Waals surface area contributed by atoms with Crippen molar-refractivity contribution in [1.82, 2.24) is 4.90 Å². The first-order valence-electron chi connectivity index (χ1n) is 5.34. The van der Waals surface area contributed by atoms with Crippen LogP contribution in [0, 0.1) is 0 Å². The lowest BCUT2D eigenvalue weighted by atomic mass is 10.2. The molecule has 0 aliphatic rings. The summed E-state index contributed by atoms with van der Waals surface area (Å²) in [7, 11) is 2.42. The molecule has 19 heavy (non-hydrogen) atoms. The second kappa shape index (κ2) is 5.90. The average Bonchev–Trinajstić information content (AvgIpc) is 2.38. The van der Waals surface area contributed by atoms with E-state index in [1.54, 1.807) is 24.3 Å². The van der Waals surface area contributed by atoms with Crippen LogP contribution in [0.5, 0.6) is 5.75 Å². The molecule has 3 nitrogen and oxygen atoms in total. The number of ether oxygens (including phenoxy) is 1. The van der Waals surface area contributed by atoms with Crippen LogP contribution in [-0.2, 0) is 11.3 Å². The van der Waals surface area contributed by atoms with Crippen LogP contribution in [0.2, 0.25) is 0 Å². The van der Waals surface area contributed by atoms with Crippen LogP contribution in [-0.4, -0.2) is 37.3 Å². The van der Waals surface area contributed by atoms with Crippen LogP contribution in [0.1, 0.15) is 5.56 Å². The first kappa shape index (κ1) is 15.3. The summed E-state index contributed by atoms with van der Waals surface area (Å²) in [5, 5.41) is 0. The average molecular weight is 279 g/mol. The van der Waals surface area contributed by atoms with Gasteiger partial charge in [0.15, 0.2) is 0 Å². The molecule has 1 aromatic rings. The van der Waals surface area contributed by atoms with E-state index >= 15 is 0 Å². The molecule has 0 heterocycles. The van der Waals surface area contributed by atoms with Crippen LogP contribution in [0.15, 0.2) is 24.3 Å². The Hall–Kier alpha value is -1.79. The Kier molecular flexibility index (Phi) is 4.74. The first-order valence-corrected chi connectivity index (χ1v) is 5.34. The molecule has 0 atom stereocenters. The van der Waals surface area contributed by atoms with Crippen molar-refractivity contribution in [1.29, 1.82) is 0 Å². The van der Waals surface area contributed by atoms with E-state index in [-0.39, 0.29) is 6.54 Å². The maximum Gasteiger partial charge on any atom is 0.383 e. The second-order valence-corrected chi connectivity index (χ2v) is 3.90. The molecule has 0 aliphatic carbocycles. The molecule has 1 rings (SSSR count). The minimum Gasteiger partial charge on any atom is -0.496 e. The third-order valence-corrected chi connectivity index (χ3v) is 2.51. The number of alkyl halides is 4. The molecule has 0 aliphatic heterocycles. The van der Waals surface area contributed by atoms with Gasteiger partial charge in [-0.15, -0.1) is 0 Å². The molecular weight excluding hydrogens is 266 g/mol. The maximum atomic E-state index is 12.9. The smallest absolute Gasteiger partial charge is 0.383 e. The maximum absolute atomic E-state index is 12.9. The summed E-state index contributed by atoms with van der Waals surface area (Å²) in [6.45, 7) is -0.245. The van der Waals surface area contributed by atoms with Gasteiger partial charge in [-0.2, -0.15) is 8.78 Å². The standard InChI is InChI=1S/C12H13F4NO2/c1-17(11(18)12(15,16)10(13)14)7-8-5-3-4-6-9(8)19-2/h3-6,10H,7H2,1-2H3.